The van der Waals surface area contributed by atoms with Gasteiger partial charge < -0.3 is 15.9 Å². The molecule has 0 bridgehead atoms. The minimum atomic E-state index is -0.934. The SMILES string of the molecule is CCc1ccc(Cn2cc(-c3ccc(CCC(N)(CO)CO)cc3)nn2)cc1.Cl. The highest BCUT2D eigenvalue weighted by atomic mass is 35.5. The van der Waals surface area contributed by atoms with Gasteiger partial charge in [-0.3, -0.25) is 0 Å². The van der Waals surface area contributed by atoms with Crippen molar-refractivity contribution >= 4 is 12.4 Å². The molecular weight excluding hydrogens is 388 g/mol. The molecule has 0 amide bonds. The Balaban J connectivity index is 0.00000300. The van der Waals surface area contributed by atoms with Crippen molar-refractivity contribution in [3.05, 3.63) is 71.4 Å². The van der Waals surface area contributed by atoms with E-state index in [-0.39, 0.29) is 25.6 Å². The second-order valence-corrected chi connectivity index (χ2v) is 7.35. The van der Waals surface area contributed by atoms with Crippen molar-refractivity contribution < 1.29 is 10.2 Å². The standard InChI is InChI=1S/C22H28N4O2.ClH/c1-2-17-3-5-19(6-4-17)13-26-14-21(24-25-26)20-9-7-18(8-10-20)11-12-22(23,15-27)16-28;/h3-10,14,27-28H,2,11-13,15-16,23H2,1H3;1H. The molecule has 0 aliphatic heterocycles. The molecular formula is C22H29ClN4O2. The molecule has 3 aromatic rings. The van der Waals surface area contributed by atoms with Crippen LogP contribution in [0, 0.1) is 0 Å². The quantitative estimate of drug-likeness (QED) is 0.498. The maximum Gasteiger partial charge on any atom is 0.113 e. The number of hydrogen-bond donors (Lipinski definition) is 3. The van der Waals surface area contributed by atoms with E-state index in [1.807, 2.05) is 35.1 Å². The lowest BCUT2D eigenvalue weighted by molar-refractivity contribution is 0.115. The Labute approximate surface area is 177 Å². The molecule has 0 radical (unpaired) electrons. The average Bonchev–Trinajstić information content (AvgIpc) is 3.21. The normalized spacial score (nSPS) is 11.3. The van der Waals surface area contributed by atoms with E-state index in [4.69, 9.17) is 5.73 Å². The zero-order chi connectivity index (χ0) is 20.0. The van der Waals surface area contributed by atoms with Gasteiger partial charge in [-0.05, 0) is 36.0 Å². The molecule has 0 aliphatic carbocycles. The summed E-state index contributed by atoms with van der Waals surface area (Å²) in [4.78, 5) is 0. The molecule has 4 N–H and O–H groups in total. The Morgan fingerprint density at radius 3 is 2.10 bits per heavy atom. The highest BCUT2D eigenvalue weighted by Gasteiger charge is 2.22. The number of nitrogens with two attached hydrogens (primary N) is 1. The first kappa shape index (κ1) is 23.0. The summed E-state index contributed by atoms with van der Waals surface area (Å²) in [5, 5.41) is 27.1. The second kappa shape index (κ2) is 10.5. The molecule has 156 valence electrons. The lowest BCUT2D eigenvalue weighted by Crippen LogP contribution is -2.47. The largest absolute Gasteiger partial charge is 0.394 e. The molecule has 1 aromatic heterocycles. The van der Waals surface area contributed by atoms with Gasteiger partial charge in [0.2, 0.25) is 0 Å². The van der Waals surface area contributed by atoms with Crippen molar-refractivity contribution in [2.24, 2.45) is 5.73 Å². The topological polar surface area (TPSA) is 97.2 Å². The highest BCUT2D eigenvalue weighted by molar-refractivity contribution is 5.85. The third kappa shape index (κ3) is 6.11. The Hall–Kier alpha value is -2.25. The van der Waals surface area contributed by atoms with E-state index < -0.39 is 5.54 Å². The van der Waals surface area contributed by atoms with E-state index >= 15 is 0 Å². The van der Waals surface area contributed by atoms with Gasteiger partial charge in [0.1, 0.15) is 5.69 Å². The fourth-order valence-electron chi connectivity index (χ4n) is 3.02. The summed E-state index contributed by atoms with van der Waals surface area (Å²) >= 11 is 0. The van der Waals surface area contributed by atoms with Crippen LogP contribution < -0.4 is 5.73 Å². The van der Waals surface area contributed by atoms with Crippen LogP contribution in [0.2, 0.25) is 0 Å². The molecule has 2 aromatic carbocycles. The van der Waals surface area contributed by atoms with Crippen LogP contribution in [0.1, 0.15) is 30.0 Å². The molecule has 0 unspecified atom stereocenters. The summed E-state index contributed by atoms with van der Waals surface area (Å²) in [7, 11) is 0. The highest BCUT2D eigenvalue weighted by Crippen LogP contribution is 2.19. The number of hydrogen-bond acceptors (Lipinski definition) is 5. The van der Waals surface area contributed by atoms with Crippen molar-refractivity contribution in [2.75, 3.05) is 13.2 Å². The van der Waals surface area contributed by atoms with Crippen molar-refractivity contribution in [2.45, 2.75) is 38.3 Å². The molecule has 0 spiro atoms. The minimum Gasteiger partial charge on any atom is -0.394 e. The molecule has 7 heteroatoms. The number of benzene rings is 2. The summed E-state index contributed by atoms with van der Waals surface area (Å²) in [6.45, 7) is 2.38. The number of nitrogens with zero attached hydrogens (tertiary/aromatic N) is 3. The van der Waals surface area contributed by atoms with Gasteiger partial charge in [0, 0.05) is 5.56 Å². The summed E-state index contributed by atoms with van der Waals surface area (Å²) in [5.74, 6) is 0. The van der Waals surface area contributed by atoms with E-state index in [9.17, 15) is 10.2 Å². The lowest BCUT2D eigenvalue weighted by atomic mass is 9.93. The second-order valence-electron chi connectivity index (χ2n) is 7.35. The van der Waals surface area contributed by atoms with E-state index in [1.165, 1.54) is 11.1 Å². The summed E-state index contributed by atoms with van der Waals surface area (Å²) in [6, 6.07) is 16.6. The van der Waals surface area contributed by atoms with Crippen LogP contribution in [0.3, 0.4) is 0 Å². The van der Waals surface area contributed by atoms with Crippen LogP contribution >= 0.6 is 12.4 Å². The molecule has 0 saturated heterocycles. The summed E-state index contributed by atoms with van der Waals surface area (Å²) in [5.41, 5.74) is 10.4. The van der Waals surface area contributed by atoms with Crippen LogP contribution in [0.4, 0.5) is 0 Å². The molecule has 29 heavy (non-hydrogen) atoms. The Bertz CT molecular complexity index is 875. The first-order valence-corrected chi connectivity index (χ1v) is 9.63. The summed E-state index contributed by atoms with van der Waals surface area (Å²) in [6.07, 6.45) is 4.20. The molecule has 1 heterocycles. The number of halogens is 1. The van der Waals surface area contributed by atoms with Crippen LogP contribution in [0.25, 0.3) is 11.3 Å². The van der Waals surface area contributed by atoms with E-state index in [0.717, 1.165) is 23.2 Å². The average molecular weight is 417 g/mol. The van der Waals surface area contributed by atoms with Crippen molar-refractivity contribution in [3.8, 4) is 11.3 Å². The lowest BCUT2D eigenvalue weighted by Gasteiger charge is -2.24. The minimum absolute atomic E-state index is 0. The fraction of sp³-hybridized carbons (Fsp3) is 0.364. The Morgan fingerprint density at radius 1 is 0.931 bits per heavy atom. The molecule has 6 nitrogen and oxygen atoms in total. The number of aryl methyl sites for hydroxylation is 2. The maximum absolute atomic E-state index is 9.29. The van der Waals surface area contributed by atoms with Crippen LogP contribution in [-0.2, 0) is 19.4 Å². The Kier molecular flexibility index (Phi) is 8.34. The van der Waals surface area contributed by atoms with Crippen molar-refractivity contribution in [1.82, 2.24) is 15.0 Å². The Morgan fingerprint density at radius 2 is 1.52 bits per heavy atom. The molecule has 3 rings (SSSR count). The van der Waals surface area contributed by atoms with Gasteiger partial charge in [-0.2, -0.15) is 0 Å². The summed E-state index contributed by atoms with van der Waals surface area (Å²) < 4.78 is 1.84. The van der Waals surface area contributed by atoms with Gasteiger partial charge in [-0.15, -0.1) is 17.5 Å². The van der Waals surface area contributed by atoms with Gasteiger partial charge in [0.05, 0.1) is 31.5 Å². The smallest absolute Gasteiger partial charge is 0.113 e. The predicted molar refractivity (Wildman–Crippen MR) is 117 cm³/mol. The zero-order valence-electron chi connectivity index (χ0n) is 16.7. The third-order valence-electron chi connectivity index (χ3n) is 5.11. The maximum atomic E-state index is 9.29. The van der Waals surface area contributed by atoms with Gasteiger partial charge in [-0.25, -0.2) is 4.68 Å². The van der Waals surface area contributed by atoms with E-state index in [1.54, 1.807) is 0 Å². The third-order valence-corrected chi connectivity index (χ3v) is 5.11. The number of aromatic nitrogens is 3. The van der Waals surface area contributed by atoms with Gasteiger partial charge >= 0.3 is 0 Å². The van der Waals surface area contributed by atoms with Crippen molar-refractivity contribution in [1.29, 1.82) is 0 Å². The monoisotopic (exact) mass is 416 g/mol. The predicted octanol–water partition coefficient (Wildman–Crippen LogP) is 2.59. The first-order valence-electron chi connectivity index (χ1n) is 9.63. The van der Waals surface area contributed by atoms with Crippen LogP contribution in [-0.4, -0.2) is 44.0 Å². The zero-order valence-corrected chi connectivity index (χ0v) is 17.5. The first-order chi connectivity index (χ1) is 13.5. The van der Waals surface area contributed by atoms with Crippen molar-refractivity contribution in [3.63, 3.8) is 0 Å². The molecule has 0 fully saturated rings. The van der Waals surface area contributed by atoms with Gasteiger partial charge in [0.15, 0.2) is 0 Å². The molecule has 0 saturated carbocycles. The fourth-order valence-corrected chi connectivity index (χ4v) is 3.02. The van der Waals surface area contributed by atoms with Gasteiger partial charge in [0.25, 0.3) is 0 Å². The van der Waals surface area contributed by atoms with Gasteiger partial charge in [-0.1, -0.05) is 60.7 Å². The number of aliphatic hydroxyl groups excluding tert-OH is 2. The number of aliphatic hydroxyl groups is 2. The van der Waals surface area contributed by atoms with Crippen LogP contribution in [0.5, 0.6) is 0 Å². The van der Waals surface area contributed by atoms with Crippen LogP contribution in [0.15, 0.2) is 54.7 Å². The number of rotatable bonds is 9. The van der Waals surface area contributed by atoms with E-state index in [2.05, 4.69) is 41.5 Å². The molecule has 0 aliphatic rings. The molecule has 0 atom stereocenters. The van der Waals surface area contributed by atoms with E-state index in [0.29, 0.717) is 19.4 Å².